The molecule has 0 aromatic carbocycles. The first-order valence-electron chi connectivity index (χ1n) is 2.69. The number of carbonyl (C=O) groups excluding carboxylic acids is 1. The molecule has 1 atom stereocenters. The number of carbonyl (C=O) groups is 1. The van der Waals surface area contributed by atoms with Crippen LogP contribution in [0.15, 0.2) is 12.2 Å². The van der Waals surface area contributed by atoms with Crippen molar-refractivity contribution in [2.75, 3.05) is 0 Å². The summed E-state index contributed by atoms with van der Waals surface area (Å²) in [5, 5.41) is 0. The van der Waals surface area contributed by atoms with E-state index < -0.39 is 0 Å². The SMILES string of the molecule is O=COC1C=CCC1. The van der Waals surface area contributed by atoms with Gasteiger partial charge in [-0.2, -0.15) is 0 Å². The topological polar surface area (TPSA) is 26.3 Å². The maximum absolute atomic E-state index is 9.70. The van der Waals surface area contributed by atoms with Gasteiger partial charge in [0.1, 0.15) is 6.10 Å². The van der Waals surface area contributed by atoms with Crippen LogP contribution in [0.1, 0.15) is 12.8 Å². The summed E-state index contributed by atoms with van der Waals surface area (Å²) in [5.74, 6) is 0. The Bertz CT molecular complexity index is 107. The molecule has 1 aliphatic carbocycles. The molecule has 1 aliphatic rings. The summed E-state index contributed by atoms with van der Waals surface area (Å²) in [6.07, 6.45) is 5.99. The van der Waals surface area contributed by atoms with Crippen molar-refractivity contribution < 1.29 is 9.53 Å². The van der Waals surface area contributed by atoms with Gasteiger partial charge in [-0.05, 0) is 18.9 Å². The van der Waals surface area contributed by atoms with E-state index in [4.69, 9.17) is 0 Å². The lowest BCUT2D eigenvalue weighted by Gasteiger charge is -2.01. The summed E-state index contributed by atoms with van der Waals surface area (Å²) >= 11 is 0. The number of hydrogen-bond acceptors (Lipinski definition) is 2. The second-order valence-corrected chi connectivity index (χ2v) is 1.78. The number of rotatable bonds is 2. The monoisotopic (exact) mass is 112 g/mol. The molecule has 0 aliphatic heterocycles. The molecule has 0 bridgehead atoms. The van der Waals surface area contributed by atoms with Crippen LogP contribution in [0.25, 0.3) is 0 Å². The van der Waals surface area contributed by atoms with Gasteiger partial charge in [0, 0.05) is 0 Å². The fraction of sp³-hybridized carbons (Fsp3) is 0.500. The summed E-state index contributed by atoms with van der Waals surface area (Å²) < 4.78 is 4.64. The minimum absolute atomic E-state index is 0.0625. The molecule has 44 valence electrons. The van der Waals surface area contributed by atoms with E-state index in [1.165, 1.54) is 0 Å². The van der Waals surface area contributed by atoms with Crippen molar-refractivity contribution in [3.8, 4) is 0 Å². The van der Waals surface area contributed by atoms with Gasteiger partial charge in [-0.3, -0.25) is 4.79 Å². The maximum Gasteiger partial charge on any atom is 0.293 e. The Labute approximate surface area is 48.1 Å². The fourth-order valence-corrected chi connectivity index (χ4v) is 0.789. The highest BCUT2D eigenvalue weighted by atomic mass is 16.5. The summed E-state index contributed by atoms with van der Waals surface area (Å²) in [7, 11) is 0. The zero-order valence-corrected chi connectivity index (χ0v) is 4.54. The van der Waals surface area contributed by atoms with Crippen LogP contribution < -0.4 is 0 Å². The quantitative estimate of drug-likeness (QED) is 0.391. The molecule has 0 amide bonds. The van der Waals surface area contributed by atoms with Gasteiger partial charge in [-0.15, -0.1) is 0 Å². The zero-order valence-electron chi connectivity index (χ0n) is 4.54. The van der Waals surface area contributed by atoms with Crippen molar-refractivity contribution >= 4 is 6.47 Å². The minimum atomic E-state index is 0.0625. The standard InChI is InChI=1S/C6H8O2/c7-5-8-6-3-1-2-4-6/h1,3,5-6H,2,4H2. The van der Waals surface area contributed by atoms with Crippen LogP contribution in [-0.4, -0.2) is 12.6 Å². The van der Waals surface area contributed by atoms with Gasteiger partial charge in [0.05, 0.1) is 0 Å². The van der Waals surface area contributed by atoms with Gasteiger partial charge in [-0.25, -0.2) is 0 Å². The Morgan fingerprint density at radius 3 is 3.12 bits per heavy atom. The Morgan fingerprint density at radius 1 is 1.75 bits per heavy atom. The molecular weight excluding hydrogens is 104 g/mol. The van der Waals surface area contributed by atoms with Crippen LogP contribution in [0.3, 0.4) is 0 Å². The number of ether oxygens (including phenoxy) is 1. The minimum Gasteiger partial charge on any atom is -0.460 e. The van der Waals surface area contributed by atoms with E-state index in [1.54, 1.807) is 0 Å². The van der Waals surface area contributed by atoms with E-state index in [0.717, 1.165) is 12.8 Å². The van der Waals surface area contributed by atoms with E-state index in [0.29, 0.717) is 6.47 Å². The Kier molecular flexibility index (Phi) is 1.67. The molecular formula is C6H8O2. The first-order chi connectivity index (χ1) is 3.93. The summed E-state index contributed by atoms with van der Waals surface area (Å²) in [5.41, 5.74) is 0. The average molecular weight is 112 g/mol. The van der Waals surface area contributed by atoms with E-state index in [1.807, 2.05) is 12.2 Å². The first-order valence-corrected chi connectivity index (χ1v) is 2.69. The van der Waals surface area contributed by atoms with Crippen molar-refractivity contribution in [2.24, 2.45) is 0 Å². The summed E-state index contributed by atoms with van der Waals surface area (Å²) in [6.45, 7) is 0.500. The Hall–Kier alpha value is -0.790. The largest absolute Gasteiger partial charge is 0.460 e. The number of hydrogen-bond donors (Lipinski definition) is 0. The van der Waals surface area contributed by atoms with Crippen molar-refractivity contribution in [3.05, 3.63) is 12.2 Å². The predicted molar refractivity (Wildman–Crippen MR) is 29.3 cm³/mol. The summed E-state index contributed by atoms with van der Waals surface area (Å²) in [4.78, 5) is 9.70. The van der Waals surface area contributed by atoms with Gasteiger partial charge in [0.25, 0.3) is 6.47 Å². The van der Waals surface area contributed by atoms with Crippen molar-refractivity contribution in [1.82, 2.24) is 0 Å². The number of allylic oxidation sites excluding steroid dienone is 1. The highest BCUT2D eigenvalue weighted by Crippen LogP contribution is 2.10. The molecule has 0 heterocycles. The van der Waals surface area contributed by atoms with Gasteiger partial charge >= 0.3 is 0 Å². The molecule has 0 aromatic rings. The van der Waals surface area contributed by atoms with E-state index in [2.05, 4.69) is 4.74 Å². The molecule has 0 N–H and O–H groups in total. The van der Waals surface area contributed by atoms with Gasteiger partial charge in [0.2, 0.25) is 0 Å². The Morgan fingerprint density at radius 2 is 2.62 bits per heavy atom. The van der Waals surface area contributed by atoms with Crippen molar-refractivity contribution in [2.45, 2.75) is 18.9 Å². The van der Waals surface area contributed by atoms with Crippen LogP contribution >= 0.6 is 0 Å². The smallest absolute Gasteiger partial charge is 0.293 e. The van der Waals surface area contributed by atoms with Crippen LogP contribution in [0.2, 0.25) is 0 Å². The third kappa shape index (κ3) is 1.09. The second kappa shape index (κ2) is 2.50. The molecule has 0 saturated heterocycles. The van der Waals surface area contributed by atoms with E-state index in [-0.39, 0.29) is 6.10 Å². The average Bonchev–Trinajstić information content (AvgIpc) is 2.19. The van der Waals surface area contributed by atoms with Crippen LogP contribution in [0.4, 0.5) is 0 Å². The molecule has 0 radical (unpaired) electrons. The zero-order chi connectivity index (χ0) is 5.82. The van der Waals surface area contributed by atoms with Crippen LogP contribution in [0, 0.1) is 0 Å². The van der Waals surface area contributed by atoms with Crippen molar-refractivity contribution in [1.29, 1.82) is 0 Å². The third-order valence-electron chi connectivity index (χ3n) is 1.20. The lowest BCUT2D eigenvalue weighted by atomic mass is 10.3. The molecule has 0 aromatic heterocycles. The van der Waals surface area contributed by atoms with E-state index >= 15 is 0 Å². The Balaban J connectivity index is 2.25. The van der Waals surface area contributed by atoms with Crippen LogP contribution in [-0.2, 0) is 9.53 Å². The third-order valence-corrected chi connectivity index (χ3v) is 1.20. The van der Waals surface area contributed by atoms with Crippen molar-refractivity contribution in [3.63, 3.8) is 0 Å². The highest BCUT2D eigenvalue weighted by molar-refractivity contribution is 5.38. The maximum atomic E-state index is 9.70. The van der Waals surface area contributed by atoms with Gasteiger partial charge in [0.15, 0.2) is 0 Å². The normalized spacial score (nSPS) is 25.8. The predicted octanol–water partition coefficient (Wildman–Crippen LogP) is 0.878. The fourth-order valence-electron chi connectivity index (χ4n) is 0.789. The molecule has 2 heteroatoms. The first kappa shape index (κ1) is 5.35. The van der Waals surface area contributed by atoms with E-state index in [9.17, 15) is 4.79 Å². The molecule has 2 nitrogen and oxygen atoms in total. The molecule has 0 saturated carbocycles. The molecule has 1 rings (SSSR count). The molecule has 1 unspecified atom stereocenters. The van der Waals surface area contributed by atoms with Gasteiger partial charge < -0.3 is 4.74 Å². The lowest BCUT2D eigenvalue weighted by Crippen LogP contribution is -2.03. The highest BCUT2D eigenvalue weighted by Gasteiger charge is 2.07. The lowest BCUT2D eigenvalue weighted by molar-refractivity contribution is -0.131. The second-order valence-electron chi connectivity index (χ2n) is 1.78. The summed E-state index contributed by atoms with van der Waals surface area (Å²) in [6, 6.07) is 0. The van der Waals surface area contributed by atoms with Crippen LogP contribution in [0.5, 0.6) is 0 Å². The van der Waals surface area contributed by atoms with Gasteiger partial charge in [-0.1, -0.05) is 6.08 Å². The molecule has 8 heavy (non-hydrogen) atoms. The molecule has 0 spiro atoms. The molecule has 0 fully saturated rings.